The number of amides is 1. The highest BCUT2D eigenvalue weighted by Gasteiger charge is 2.14. The van der Waals surface area contributed by atoms with Gasteiger partial charge in [0, 0.05) is 0 Å². The molecule has 116 valence electrons. The van der Waals surface area contributed by atoms with Crippen LogP contribution < -0.4 is 5.32 Å². The molecule has 11 nitrogen and oxygen atoms in total. The number of nitrogens with zero attached hydrogens (tertiary/aromatic N) is 8. The van der Waals surface area contributed by atoms with Gasteiger partial charge in [-0.15, -0.1) is 15.3 Å². The molecule has 4 aromatic heterocycles. The molecule has 0 fully saturated rings. The molecule has 0 aromatic carbocycles. The fourth-order valence-corrected chi connectivity index (χ4v) is 2.70. The molecule has 4 heterocycles. The Morgan fingerprint density at radius 2 is 2.17 bits per heavy atom. The first-order chi connectivity index (χ1) is 11.2. The Morgan fingerprint density at radius 3 is 2.96 bits per heavy atom. The van der Waals surface area contributed by atoms with Gasteiger partial charge in [-0.05, 0) is 6.92 Å². The Balaban J connectivity index is 1.44. The molecule has 0 spiro atoms. The fourth-order valence-electron chi connectivity index (χ4n) is 1.96. The van der Waals surface area contributed by atoms with Gasteiger partial charge in [-0.1, -0.05) is 11.3 Å². The Hall–Kier alpha value is -3.15. The number of aryl methyl sites for hydroxylation is 1. The zero-order chi connectivity index (χ0) is 15.8. The van der Waals surface area contributed by atoms with Gasteiger partial charge in [0.25, 0.3) is 11.9 Å². The van der Waals surface area contributed by atoms with Crippen molar-refractivity contribution in [2.24, 2.45) is 0 Å². The number of hydrogen-bond donors (Lipinski definition) is 2. The summed E-state index contributed by atoms with van der Waals surface area (Å²) < 4.78 is 3.19. The van der Waals surface area contributed by atoms with Gasteiger partial charge < -0.3 is 5.32 Å². The number of imidazole rings is 1. The van der Waals surface area contributed by atoms with Crippen LogP contribution in [-0.2, 0) is 6.54 Å². The number of rotatable bonds is 4. The highest BCUT2D eigenvalue weighted by atomic mass is 32.1. The van der Waals surface area contributed by atoms with Gasteiger partial charge >= 0.3 is 0 Å². The van der Waals surface area contributed by atoms with E-state index in [0.717, 1.165) is 15.7 Å². The van der Waals surface area contributed by atoms with Crippen molar-refractivity contribution in [3.05, 3.63) is 35.4 Å². The highest BCUT2D eigenvalue weighted by Crippen LogP contribution is 2.13. The standard InChI is InChI=1S/C11H10N10OS/c1-6-19-21-3-7(15-11(21)23-6)2-12-9(22)8-16-10(18-17-8)20-4-13-14-5-20/h3-5H,2H2,1H3,(H,12,22)(H,16,17,18). The van der Waals surface area contributed by atoms with Crippen molar-refractivity contribution >= 4 is 22.2 Å². The smallest absolute Gasteiger partial charge is 0.288 e. The van der Waals surface area contributed by atoms with Crippen LogP contribution >= 0.6 is 11.3 Å². The van der Waals surface area contributed by atoms with Crippen molar-refractivity contribution in [1.29, 1.82) is 0 Å². The molecule has 4 rings (SSSR count). The molecule has 0 saturated heterocycles. The minimum absolute atomic E-state index is 0.101. The first kappa shape index (κ1) is 13.5. The molecule has 0 bridgehead atoms. The summed E-state index contributed by atoms with van der Waals surface area (Å²) >= 11 is 1.49. The average Bonchev–Trinajstić information content (AvgIpc) is 3.27. The Morgan fingerprint density at radius 1 is 1.35 bits per heavy atom. The van der Waals surface area contributed by atoms with Gasteiger partial charge in [-0.2, -0.15) is 10.1 Å². The first-order valence-electron chi connectivity index (χ1n) is 6.56. The normalized spacial score (nSPS) is 11.2. The molecular formula is C11H10N10OS. The third kappa shape index (κ3) is 2.55. The summed E-state index contributed by atoms with van der Waals surface area (Å²) in [5.74, 6) is 0.0170. The number of carbonyl (C=O) groups is 1. The van der Waals surface area contributed by atoms with Gasteiger partial charge in [0.1, 0.15) is 17.7 Å². The molecular weight excluding hydrogens is 320 g/mol. The van der Waals surface area contributed by atoms with Crippen molar-refractivity contribution in [3.63, 3.8) is 0 Å². The number of hydrogen-bond acceptors (Lipinski definition) is 8. The lowest BCUT2D eigenvalue weighted by Gasteiger charge is -1.98. The maximum absolute atomic E-state index is 12.1. The van der Waals surface area contributed by atoms with E-state index < -0.39 is 0 Å². The van der Waals surface area contributed by atoms with E-state index in [1.165, 1.54) is 28.6 Å². The number of nitrogens with one attached hydrogen (secondary N) is 2. The molecule has 2 N–H and O–H groups in total. The lowest BCUT2D eigenvalue weighted by Crippen LogP contribution is -2.24. The number of aromatic amines is 1. The summed E-state index contributed by atoms with van der Waals surface area (Å²) in [6, 6.07) is 0. The third-order valence-corrected chi connectivity index (χ3v) is 3.80. The minimum Gasteiger partial charge on any atom is -0.344 e. The van der Waals surface area contributed by atoms with Gasteiger partial charge in [0.2, 0.25) is 10.8 Å². The predicted octanol–water partition coefficient (Wildman–Crippen LogP) is -0.272. The van der Waals surface area contributed by atoms with Gasteiger partial charge in [0.05, 0.1) is 18.4 Å². The van der Waals surface area contributed by atoms with E-state index in [4.69, 9.17) is 0 Å². The second kappa shape index (κ2) is 5.24. The topological polar surface area (TPSA) is 132 Å². The van der Waals surface area contributed by atoms with Crippen LogP contribution in [-0.4, -0.2) is 50.5 Å². The molecule has 0 atom stereocenters. The molecule has 0 aliphatic carbocycles. The second-order valence-corrected chi connectivity index (χ2v) is 5.78. The number of H-pyrrole nitrogens is 1. The van der Waals surface area contributed by atoms with Crippen molar-refractivity contribution in [2.45, 2.75) is 13.5 Å². The summed E-state index contributed by atoms with van der Waals surface area (Å²) in [5.41, 5.74) is 0.718. The zero-order valence-corrected chi connectivity index (χ0v) is 12.6. The Labute approximate surface area is 132 Å². The largest absolute Gasteiger partial charge is 0.344 e. The lowest BCUT2D eigenvalue weighted by molar-refractivity contribution is 0.0940. The highest BCUT2D eigenvalue weighted by molar-refractivity contribution is 7.16. The van der Waals surface area contributed by atoms with Gasteiger partial charge in [-0.3, -0.25) is 14.5 Å². The van der Waals surface area contributed by atoms with E-state index in [1.54, 1.807) is 10.7 Å². The molecule has 0 saturated carbocycles. The minimum atomic E-state index is -0.377. The summed E-state index contributed by atoms with van der Waals surface area (Å²) in [7, 11) is 0. The molecule has 23 heavy (non-hydrogen) atoms. The SMILES string of the molecule is Cc1nn2cc(CNC(=O)c3nc(-n4cnnc4)n[nH]3)nc2s1. The van der Waals surface area contributed by atoms with E-state index in [1.807, 2.05) is 6.92 Å². The van der Waals surface area contributed by atoms with Crippen molar-refractivity contribution in [3.8, 4) is 5.95 Å². The van der Waals surface area contributed by atoms with E-state index in [0.29, 0.717) is 5.95 Å². The molecule has 4 aromatic rings. The zero-order valence-electron chi connectivity index (χ0n) is 11.8. The number of aromatic nitrogens is 9. The maximum Gasteiger partial charge on any atom is 0.288 e. The van der Waals surface area contributed by atoms with Crippen LogP contribution in [0, 0.1) is 6.92 Å². The summed E-state index contributed by atoms with van der Waals surface area (Å²) in [5, 5.41) is 21.7. The molecule has 0 aliphatic heterocycles. The quantitative estimate of drug-likeness (QED) is 0.526. The number of carbonyl (C=O) groups excluding carboxylic acids is 1. The van der Waals surface area contributed by atoms with Crippen LogP contribution in [0.1, 0.15) is 21.3 Å². The van der Waals surface area contributed by atoms with Crippen LogP contribution in [0.15, 0.2) is 18.9 Å². The van der Waals surface area contributed by atoms with E-state index >= 15 is 0 Å². The predicted molar refractivity (Wildman–Crippen MR) is 78.1 cm³/mol. The van der Waals surface area contributed by atoms with Crippen LogP contribution in [0.4, 0.5) is 0 Å². The van der Waals surface area contributed by atoms with Crippen LogP contribution in [0.5, 0.6) is 0 Å². The van der Waals surface area contributed by atoms with E-state index in [9.17, 15) is 4.79 Å². The van der Waals surface area contributed by atoms with Crippen molar-refractivity contribution in [1.82, 2.24) is 49.9 Å². The maximum atomic E-state index is 12.1. The Kier molecular flexibility index (Phi) is 3.08. The monoisotopic (exact) mass is 330 g/mol. The second-order valence-electron chi connectivity index (χ2n) is 4.62. The van der Waals surface area contributed by atoms with Crippen LogP contribution in [0.25, 0.3) is 10.9 Å². The van der Waals surface area contributed by atoms with Crippen LogP contribution in [0.2, 0.25) is 0 Å². The molecule has 0 unspecified atom stereocenters. The first-order valence-corrected chi connectivity index (χ1v) is 7.38. The number of fused-ring (bicyclic) bond motifs is 1. The van der Waals surface area contributed by atoms with E-state index in [-0.39, 0.29) is 18.3 Å². The molecule has 12 heteroatoms. The summed E-state index contributed by atoms with van der Waals surface area (Å²) in [6.45, 7) is 2.19. The fraction of sp³-hybridized carbons (Fsp3) is 0.182. The van der Waals surface area contributed by atoms with Gasteiger partial charge in [0.15, 0.2) is 0 Å². The van der Waals surface area contributed by atoms with Crippen molar-refractivity contribution < 1.29 is 4.79 Å². The van der Waals surface area contributed by atoms with Crippen molar-refractivity contribution in [2.75, 3.05) is 0 Å². The Bertz CT molecular complexity index is 933. The molecule has 1 amide bonds. The summed E-state index contributed by atoms with van der Waals surface area (Å²) in [6.07, 6.45) is 4.66. The summed E-state index contributed by atoms with van der Waals surface area (Å²) in [4.78, 5) is 21.3. The molecule has 0 aliphatic rings. The average molecular weight is 330 g/mol. The molecule has 0 radical (unpaired) electrons. The van der Waals surface area contributed by atoms with Crippen LogP contribution in [0.3, 0.4) is 0 Å². The lowest BCUT2D eigenvalue weighted by atomic mass is 10.4. The van der Waals surface area contributed by atoms with E-state index in [2.05, 4.69) is 40.8 Å². The third-order valence-electron chi connectivity index (χ3n) is 2.96. The van der Waals surface area contributed by atoms with Gasteiger partial charge in [-0.25, -0.2) is 9.50 Å².